The Kier molecular flexibility index (Phi) is 2.57. The van der Waals surface area contributed by atoms with Gasteiger partial charge >= 0.3 is 6.18 Å². The van der Waals surface area contributed by atoms with E-state index in [2.05, 4.69) is 5.32 Å². The quantitative estimate of drug-likeness (QED) is 0.660. The monoisotopic (exact) mass is 276 g/mol. The molecule has 2 aromatic rings. The summed E-state index contributed by atoms with van der Waals surface area (Å²) in [4.78, 5) is 0. The van der Waals surface area contributed by atoms with E-state index in [1.54, 1.807) is 18.2 Å². The van der Waals surface area contributed by atoms with Crippen LogP contribution in [0.15, 0.2) is 36.4 Å². The molecule has 6 heteroatoms. The van der Waals surface area contributed by atoms with Crippen LogP contribution in [0.3, 0.4) is 0 Å². The van der Waals surface area contributed by atoms with Crippen LogP contribution >= 0.6 is 0 Å². The fourth-order valence-electron chi connectivity index (χ4n) is 1.94. The zero-order valence-electron chi connectivity index (χ0n) is 9.95. The molecule has 0 aliphatic carbocycles. The predicted molar refractivity (Wildman–Crippen MR) is 66.0 cm³/mol. The maximum absolute atomic E-state index is 12.6. The molecule has 0 spiro atoms. The summed E-state index contributed by atoms with van der Waals surface area (Å²) in [5.74, 6) is 0.493. The number of hydrogen-bond acceptors (Lipinski definition) is 3. The number of fused-ring (bicyclic) bond motifs is 2. The number of rotatable bonds is 0. The summed E-state index contributed by atoms with van der Waals surface area (Å²) in [7, 11) is 0. The third kappa shape index (κ3) is 2.03. The number of nitriles is 1. The van der Waals surface area contributed by atoms with Gasteiger partial charge in [0.25, 0.3) is 0 Å². The number of benzene rings is 2. The van der Waals surface area contributed by atoms with Crippen LogP contribution in [0.1, 0.15) is 11.1 Å². The average molecular weight is 276 g/mol. The van der Waals surface area contributed by atoms with Crippen molar-refractivity contribution >= 4 is 11.4 Å². The highest BCUT2D eigenvalue weighted by Crippen LogP contribution is 2.44. The first kappa shape index (κ1) is 12.4. The molecule has 0 saturated carbocycles. The van der Waals surface area contributed by atoms with Crippen molar-refractivity contribution in [1.82, 2.24) is 0 Å². The first-order valence-electron chi connectivity index (χ1n) is 5.67. The van der Waals surface area contributed by atoms with Crippen molar-refractivity contribution in [3.05, 3.63) is 47.5 Å². The van der Waals surface area contributed by atoms with Gasteiger partial charge in [-0.1, -0.05) is 0 Å². The molecule has 1 heterocycles. The van der Waals surface area contributed by atoms with Crippen LogP contribution in [0.4, 0.5) is 24.5 Å². The Balaban J connectivity index is 2.02. The van der Waals surface area contributed by atoms with Crippen molar-refractivity contribution in [2.24, 2.45) is 0 Å². The Hall–Kier alpha value is -2.68. The summed E-state index contributed by atoms with van der Waals surface area (Å²) >= 11 is 0. The predicted octanol–water partition coefficient (Wildman–Crippen LogP) is 4.43. The molecule has 1 N–H and O–H groups in total. The fraction of sp³-hybridized carbons (Fsp3) is 0.0714. The van der Waals surface area contributed by atoms with Gasteiger partial charge < -0.3 is 10.1 Å². The number of nitrogens with one attached hydrogen (secondary N) is 1. The van der Waals surface area contributed by atoms with E-state index in [4.69, 9.17) is 10.00 Å². The highest BCUT2D eigenvalue weighted by Gasteiger charge is 2.32. The topological polar surface area (TPSA) is 45.0 Å². The highest BCUT2D eigenvalue weighted by atomic mass is 19.4. The van der Waals surface area contributed by atoms with Crippen LogP contribution in [-0.2, 0) is 6.18 Å². The van der Waals surface area contributed by atoms with Crippen LogP contribution in [-0.4, -0.2) is 0 Å². The average Bonchev–Trinajstić information content (AvgIpc) is 2.42. The van der Waals surface area contributed by atoms with Gasteiger partial charge in [0, 0.05) is 0 Å². The number of hydrogen-bond donors (Lipinski definition) is 1. The molecule has 2 aromatic carbocycles. The molecule has 0 amide bonds. The molecule has 100 valence electrons. The molecule has 0 aromatic heterocycles. The lowest BCUT2D eigenvalue weighted by atomic mass is 10.1. The first-order chi connectivity index (χ1) is 9.47. The van der Waals surface area contributed by atoms with E-state index < -0.39 is 11.7 Å². The van der Waals surface area contributed by atoms with Gasteiger partial charge in [-0.2, -0.15) is 18.4 Å². The van der Waals surface area contributed by atoms with E-state index in [-0.39, 0.29) is 5.75 Å². The molecule has 1 aliphatic heterocycles. The van der Waals surface area contributed by atoms with Gasteiger partial charge in [0.2, 0.25) is 0 Å². The summed E-state index contributed by atoms with van der Waals surface area (Å²) in [5, 5.41) is 11.8. The van der Waals surface area contributed by atoms with Crippen molar-refractivity contribution in [2.45, 2.75) is 6.18 Å². The third-order valence-electron chi connectivity index (χ3n) is 2.91. The second-order valence-electron chi connectivity index (χ2n) is 4.26. The number of halogens is 3. The van der Waals surface area contributed by atoms with E-state index in [9.17, 15) is 13.2 Å². The van der Waals surface area contributed by atoms with Crippen LogP contribution < -0.4 is 10.1 Å². The van der Waals surface area contributed by atoms with Gasteiger partial charge in [-0.15, -0.1) is 0 Å². The molecule has 0 bridgehead atoms. The van der Waals surface area contributed by atoms with Gasteiger partial charge in [-0.25, -0.2) is 0 Å². The first-order valence-corrected chi connectivity index (χ1v) is 5.67. The van der Waals surface area contributed by atoms with E-state index in [0.717, 1.165) is 12.1 Å². The molecule has 20 heavy (non-hydrogen) atoms. The maximum Gasteiger partial charge on any atom is 0.416 e. The smallest absolute Gasteiger partial charge is 0.416 e. The summed E-state index contributed by atoms with van der Waals surface area (Å²) in [6.07, 6.45) is -4.41. The molecule has 0 fully saturated rings. The molecule has 3 nitrogen and oxygen atoms in total. The van der Waals surface area contributed by atoms with Crippen molar-refractivity contribution in [3.8, 4) is 17.6 Å². The van der Waals surface area contributed by atoms with Crippen LogP contribution in [0.2, 0.25) is 0 Å². The molecule has 0 atom stereocenters. The normalized spacial score (nSPS) is 12.5. The molecule has 1 aliphatic rings. The van der Waals surface area contributed by atoms with Crippen LogP contribution in [0, 0.1) is 11.3 Å². The lowest BCUT2D eigenvalue weighted by Gasteiger charge is -2.22. The maximum atomic E-state index is 12.6. The second kappa shape index (κ2) is 4.17. The summed E-state index contributed by atoms with van der Waals surface area (Å²) in [6.45, 7) is 0. The van der Waals surface area contributed by atoms with Crippen LogP contribution in [0.5, 0.6) is 11.5 Å². The van der Waals surface area contributed by atoms with E-state index in [1.165, 1.54) is 6.07 Å². The standard InChI is InChI=1S/C14H7F3N2O/c15-14(16,17)9-2-3-10-13(6-9)20-12-4-1-8(7-18)5-11(12)19-10/h1-6,19H. The van der Waals surface area contributed by atoms with Gasteiger partial charge in [0.05, 0.1) is 28.6 Å². The lowest BCUT2D eigenvalue weighted by molar-refractivity contribution is -0.137. The zero-order valence-corrected chi connectivity index (χ0v) is 9.95. The fourth-order valence-corrected chi connectivity index (χ4v) is 1.94. The third-order valence-corrected chi connectivity index (χ3v) is 2.91. The molecular weight excluding hydrogens is 269 g/mol. The summed E-state index contributed by atoms with van der Waals surface area (Å²) in [5.41, 5.74) is 0.655. The Morgan fingerprint density at radius 2 is 1.80 bits per heavy atom. The Morgan fingerprint density at radius 1 is 1.00 bits per heavy atom. The molecule has 3 rings (SSSR count). The van der Waals surface area contributed by atoms with Crippen molar-refractivity contribution in [1.29, 1.82) is 5.26 Å². The van der Waals surface area contributed by atoms with Crippen LogP contribution in [0.25, 0.3) is 0 Å². The minimum atomic E-state index is -4.41. The highest BCUT2D eigenvalue weighted by molar-refractivity contribution is 5.76. The SMILES string of the molecule is N#Cc1ccc2c(c1)Nc1ccc(C(F)(F)F)cc1O2. The molecule has 0 saturated heterocycles. The van der Waals surface area contributed by atoms with Crippen molar-refractivity contribution in [3.63, 3.8) is 0 Å². The van der Waals surface area contributed by atoms with Crippen molar-refractivity contribution in [2.75, 3.05) is 5.32 Å². The number of anilines is 2. The van der Waals surface area contributed by atoms with Gasteiger partial charge in [0.1, 0.15) is 0 Å². The lowest BCUT2D eigenvalue weighted by Crippen LogP contribution is -2.08. The number of alkyl halides is 3. The number of ether oxygens (including phenoxy) is 1. The Labute approximate surface area is 112 Å². The Morgan fingerprint density at radius 3 is 2.50 bits per heavy atom. The second-order valence-corrected chi connectivity index (χ2v) is 4.26. The molecule has 0 radical (unpaired) electrons. The van der Waals surface area contributed by atoms with E-state index in [1.807, 2.05) is 6.07 Å². The van der Waals surface area contributed by atoms with Gasteiger partial charge in [-0.05, 0) is 36.4 Å². The Bertz CT molecular complexity index is 732. The summed E-state index contributed by atoms with van der Waals surface area (Å²) in [6, 6.07) is 9.89. The largest absolute Gasteiger partial charge is 0.453 e. The minimum Gasteiger partial charge on any atom is -0.453 e. The van der Waals surface area contributed by atoms with Gasteiger partial charge in [0.15, 0.2) is 11.5 Å². The van der Waals surface area contributed by atoms with Gasteiger partial charge in [-0.3, -0.25) is 0 Å². The number of nitrogens with zero attached hydrogens (tertiary/aromatic N) is 1. The van der Waals surface area contributed by atoms with E-state index in [0.29, 0.717) is 22.7 Å². The minimum absolute atomic E-state index is 0.108. The van der Waals surface area contributed by atoms with Crippen molar-refractivity contribution < 1.29 is 17.9 Å². The summed E-state index contributed by atoms with van der Waals surface area (Å²) < 4.78 is 43.4. The molecule has 0 unspecified atom stereocenters. The molecular formula is C14H7F3N2O. The van der Waals surface area contributed by atoms with E-state index >= 15 is 0 Å². The zero-order chi connectivity index (χ0) is 14.3.